The van der Waals surface area contributed by atoms with E-state index in [2.05, 4.69) is 4.74 Å². The van der Waals surface area contributed by atoms with Crippen molar-refractivity contribution in [1.82, 2.24) is 0 Å². The molecule has 0 aromatic rings. The van der Waals surface area contributed by atoms with Gasteiger partial charge in [0.1, 0.15) is 0 Å². The van der Waals surface area contributed by atoms with Gasteiger partial charge in [0.05, 0.1) is 13.2 Å². The number of rotatable bonds is 7. The number of hydrogen-bond acceptors (Lipinski definition) is 4. The molecule has 4 heteroatoms. The van der Waals surface area contributed by atoms with Crippen LogP contribution in [0.1, 0.15) is 13.8 Å². The standard InChI is InChI=1S/C7H14O4/c1-3-9-4-5-10-7(2)11-6-8/h6-7H,3-5H2,1-2H3. The van der Waals surface area contributed by atoms with Crippen LogP contribution in [0.5, 0.6) is 0 Å². The Labute approximate surface area is 66.4 Å². The van der Waals surface area contributed by atoms with Crippen molar-refractivity contribution in [3.05, 3.63) is 0 Å². The lowest BCUT2D eigenvalue weighted by molar-refractivity contribution is -0.161. The van der Waals surface area contributed by atoms with Gasteiger partial charge in [-0.2, -0.15) is 0 Å². The predicted molar refractivity (Wildman–Crippen MR) is 39.1 cm³/mol. The summed E-state index contributed by atoms with van der Waals surface area (Å²) in [5, 5.41) is 0. The van der Waals surface area contributed by atoms with Crippen LogP contribution in [0.3, 0.4) is 0 Å². The van der Waals surface area contributed by atoms with E-state index in [-0.39, 0.29) is 0 Å². The lowest BCUT2D eigenvalue weighted by Gasteiger charge is -2.09. The van der Waals surface area contributed by atoms with E-state index in [1.807, 2.05) is 6.92 Å². The molecular formula is C7H14O4. The first kappa shape index (κ1) is 10.4. The second-order valence-corrected chi connectivity index (χ2v) is 1.87. The smallest absolute Gasteiger partial charge is 0.295 e. The van der Waals surface area contributed by atoms with Crippen molar-refractivity contribution in [1.29, 1.82) is 0 Å². The maximum atomic E-state index is 9.77. The molecule has 0 aliphatic heterocycles. The molecule has 0 radical (unpaired) electrons. The number of hydrogen-bond donors (Lipinski definition) is 0. The minimum Gasteiger partial charge on any atom is -0.438 e. The second kappa shape index (κ2) is 7.50. The van der Waals surface area contributed by atoms with E-state index in [1.165, 1.54) is 0 Å². The molecule has 0 aliphatic rings. The molecule has 0 heterocycles. The lowest BCUT2D eigenvalue weighted by Crippen LogP contribution is -2.15. The molecule has 0 saturated carbocycles. The largest absolute Gasteiger partial charge is 0.438 e. The molecule has 0 amide bonds. The Balaban J connectivity index is 3.03. The van der Waals surface area contributed by atoms with Crippen molar-refractivity contribution < 1.29 is 19.0 Å². The number of carbonyl (C=O) groups is 1. The summed E-state index contributed by atoms with van der Waals surface area (Å²) in [4.78, 5) is 9.77. The van der Waals surface area contributed by atoms with Crippen molar-refractivity contribution >= 4 is 6.47 Å². The molecule has 0 bridgehead atoms. The summed E-state index contributed by atoms with van der Waals surface area (Å²) in [6.07, 6.45) is -0.479. The summed E-state index contributed by atoms with van der Waals surface area (Å²) in [5.74, 6) is 0. The highest BCUT2D eigenvalue weighted by Crippen LogP contribution is 1.89. The Kier molecular flexibility index (Phi) is 7.08. The van der Waals surface area contributed by atoms with Crippen molar-refractivity contribution in [2.75, 3.05) is 19.8 Å². The Morgan fingerprint density at radius 1 is 1.45 bits per heavy atom. The highest BCUT2D eigenvalue weighted by Gasteiger charge is 1.98. The minimum atomic E-state index is -0.479. The topological polar surface area (TPSA) is 44.8 Å². The Bertz CT molecular complexity index is 94.4. The molecule has 1 unspecified atom stereocenters. The predicted octanol–water partition coefficient (Wildman–Crippen LogP) is 0.558. The first-order valence-corrected chi connectivity index (χ1v) is 3.59. The van der Waals surface area contributed by atoms with Gasteiger partial charge in [-0.05, 0) is 13.8 Å². The molecular weight excluding hydrogens is 148 g/mol. The zero-order valence-electron chi connectivity index (χ0n) is 6.91. The average Bonchev–Trinajstić information content (AvgIpc) is 1.99. The van der Waals surface area contributed by atoms with E-state index < -0.39 is 6.29 Å². The molecule has 0 rings (SSSR count). The van der Waals surface area contributed by atoms with Crippen molar-refractivity contribution in [2.24, 2.45) is 0 Å². The first-order valence-electron chi connectivity index (χ1n) is 3.59. The summed E-state index contributed by atoms with van der Waals surface area (Å²) in [6, 6.07) is 0. The van der Waals surface area contributed by atoms with Gasteiger partial charge >= 0.3 is 0 Å². The van der Waals surface area contributed by atoms with E-state index in [9.17, 15) is 4.79 Å². The van der Waals surface area contributed by atoms with Gasteiger partial charge in [0.2, 0.25) is 0 Å². The summed E-state index contributed by atoms with van der Waals surface area (Å²) < 4.78 is 14.5. The minimum absolute atomic E-state index is 0.366. The Morgan fingerprint density at radius 2 is 2.18 bits per heavy atom. The molecule has 0 aromatic heterocycles. The van der Waals surface area contributed by atoms with E-state index in [0.29, 0.717) is 26.3 Å². The molecule has 0 aliphatic carbocycles. The highest BCUT2D eigenvalue weighted by atomic mass is 16.7. The SMILES string of the molecule is CCOCCOC(C)OC=O. The lowest BCUT2D eigenvalue weighted by atomic mass is 10.7. The van der Waals surface area contributed by atoms with Gasteiger partial charge in [-0.25, -0.2) is 0 Å². The highest BCUT2D eigenvalue weighted by molar-refractivity contribution is 5.37. The normalized spacial score (nSPS) is 12.5. The fourth-order valence-electron chi connectivity index (χ4n) is 0.535. The van der Waals surface area contributed by atoms with E-state index in [4.69, 9.17) is 9.47 Å². The van der Waals surface area contributed by atoms with Gasteiger partial charge in [-0.1, -0.05) is 0 Å². The maximum absolute atomic E-state index is 9.77. The molecule has 1 atom stereocenters. The van der Waals surface area contributed by atoms with Gasteiger partial charge in [0.15, 0.2) is 6.29 Å². The van der Waals surface area contributed by atoms with Gasteiger partial charge in [0.25, 0.3) is 6.47 Å². The summed E-state index contributed by atoms with van der Waals surface area (Å²) >= 11 is 0. The summed E-state index contributed by atoms with van der Waals surface area (Å²) in [5.41, 5.74) is 0. The van der Waals surface area contributed by atoms with Crippen LogP contribution in [0.2, 0.25) is 0 Å². The maximum Gasteiger partial charge on any atom is 0.295 e. The summed E-state index contributed by atoms with van der Waals surface area (Å²) in [6.45, 7) is 5.58. The fraction of sp³-hybridized carbons (Fsp3) is 0.857. The molecule has 0 aromatic carbocycles. The zero-order chi connectivity index (χ0) is 8.53. The Hall–Kier alpha value is -0.610. The third-order valence-electron chi connectivity index (χ3n) is 1.03. The number of ether oxygens (including phenoxy) is 3. The van der Waals surface area contributed by atoms with E-state index in [1.54, 1.807) is 6.92 Å². The van der Waals surface area contributed by atoms with Crippen LogP contribution in [-0.4, -0.2) is 32.6 Å². The quantitative estimate of drug-likeness (QED) is 0.311. The average molecular weight is 162 g/mol. The van der Waals surface area contributed by atoms with Crippen LogP contribution in [0.15, 0.2) is 0 Å². The van der Waals surface area contributed by atoms with Crippen LogP contribution in [0.25, 0.3) is 0 Å². The van der Waals surface area contributed by atoms with E-state index in [0.717, 1.165) is 0 Å². The van der Waals surface area contributed by atoms with Gasteiger partial charge in [-0.15, -0.1) is 0 Å². The van der Waals surface area contributed by atoms with Crippen LogP contribution < -0.4 is 0 Å². The first-order chi connectivity index (χ1) is 5.31. The molecule has 0 N–H and O–H groups in total. The number of carbonyl (C=O) groups excluding carboxylic acids is 1. The second-order valence-electron chi connectivity index (χ2n) is 1.87. The van der Waals surface area contributed by atoms with Gasteiger partial charge in [0, 0.05) is 6.61 Å². The van der Waals surface area contributed by atoms with Crippen molar-refractivity contribution in [2.45, 2.75) is 20.1 Å². The zero-order valence-corrected chi connectivity index (χ0v) is 6.91. The molecule has 11 heavy (non-hydrogen) atoms. The molecule has 66 valence electrons. The molecule has 4 nitrogen and oxygen atoms in total. The van der Waals surface area contributed by atoms with Crippen molar-refractivity contribution in [3.8, 4) is 0 Å². The monoisotopic (exact) mass is 162 g/mol. The van der Waals surface area contributed by atoms with E-state index >= 15 is 0 Å². The van der Waals surface area contributed by atoms with Crippen LogP contribution in [-0.2, 0) is 19.0 Å². The summed E-state index contributed by atoms with van der Waals surface area (Å²) in [7, 11) is 0. The fourth-order valence-corrected chi connectivity index (χ4v) is 0.535. The van der Waals surface area contributed by atoms with Gasteiger partial charge in [-0.3, -0.25) is 4.79 Å². The van der Waals surface area contributed by atoms with Crippen LogP contribution in [0, 0.1) is 0 Å². The third kappa shape index (κ3) is 7.29. The molecule has 0 fully saturated rings. The molecule has 0 spiro atoms. The van der Waals surface area contributed by atoms with Crippen LogP contribution in [0.4, 0.5) is 0 Å². The van der Waals surface area contributed by atoms with Crippen LogP contribution >= 0.6 is 0 Å². The Morgan fingerprint density at radius 3 is 2.73 bits per heavy atom. The van der Waals surface area contributed by atoms with Crippen molar-refractivity contribution in [3.63, 3.8) is 0 Å². The third-order valence-corrected chi connectivity index (χ3v) is 1.03. The molecule has 0 saturated heterocycles. The van der Waals surface area contributed by atoms with Gasteiger partial charge < -0.3 is 14.2 Å².